The van der Waals surface area contributed by atoms with Crippen molar-refractivity contribution in [1.29, 1.82) is 0 Å². The first-order valence-corrected chi connectivity index (χ1v) is 10.3. The van der Waals surface area contributed by atoms with Gasteiger partial charge in [0.2, 0.25) is 0 Å². The van der Waals surface area contributed by atoms with Crippen molar-refractivity contribution in [3.05, 3.63) is 65.2 Å². The fourth-order valence-corrected chi connectivity index (χ4v) is 3.95. The Bertz CT molecular complexity index is 755. The number of hydrogen-bond donors (Lipinski definition) is 1. The molecule has 0 radical (unpaired) electrons. The third-order valence-electron chi connectivity index (χ3n) is 5.60. The van der Waals surface area contributed by atoms with E-state index in [-0.39, 0.29) is 11.9 Å². The van der Waals surface area contributed by atoms with E-state index >= 15 is 0 Å². The molecular formula is C24H32N2O2. The molecule has 1 N–H and O–H groups in total. The van der Waals surface area contributed by atoms with Crippen LogP contribution in [0.5, 0.6) is 5.75 Å². The summed E-state index contributed by atoms with van der Waals surface area (Å²) < 4.78 is 5.21. The molecule has 1 saturated heterocycles. The van der Waals surface area contributed by atoms with Gasteiger partial charge in [0.1, 0.15) is 5.75 Å². The second kappa shape index (κ2) is 9.74. The van der Waals surface area contributed by atoms with Gasteiger partial charge in [0.15, 0.2) is 0 Å². The standard InChI is InChI=1S/C24H32N2O2/c1-4-23(20-11-13-22(28-3)14-12-20)25-24(27)21-9-7-19(8-10-21)17-26-15-5-6-18(2)16-26/h7-14,18,23H,4-6,15-17H2,1-3H3,(H,25,27)/t18-,23-/m0/s1. The summed E-state index contributed by atoms with van der Waals surface area (Å²) >= 11 is 0. The van der Waals surface area contributed by atoms with Gasteiger partial charge in [0, 0.05) is 18.7 Å². The molecule has 1 aliphatic rings. The van der Waals surface area contributed by atoms with Gasteiger partial charge in [-0.2, -0.15) is 0 Å². The van der Waals surface area contributed by atoms with Crippen LogP contribution in [0.15, 0.2) is 48.5 Å². The van der Waals surface area contributed by atoms with Crippen molar-refractivity contribution < 1.29 is 9.53 Å². The number of carbonyl (C=O) groups excluding carboxylic acids is 1. The maximum atomic E-state index is 12.7. The largest absolute Gasteiger partial charge is 0.497 e. The van der Waals surface area contributed by atoms with E-state index in [1.165, 1.54) is 31.5 Å². The van der Waals surface area contributed by atoms with Gasteiger partial charge in [-0.25, -0.2) is 0 Å². The molecule has 28 heavy (non-hydrogen) atoms. The maximum Gasteiger partial charge on any atom is 0.251 e. The van der Waals surface area contributed by atoms with E-state index < -0.39 is 0 Å². The fraction of sp³-hybridized carbons (Fsp3) is 0.458. The molecule has 2 aromatic rings. The fourth-order valence-electron chi connectivity index (χ4n) is 3.95. The minimum atomic E-state index is -0.0270. The lowest BCUT2D eigenvalue weighted by molar-refractivity contribution is 0.0935. The summed E-state index contributed by atoms with van der Waals surface area (Å²) in [6, 6.07) is 15.9. The molecule has 0 bridgehead atoms. The van der Waals surface area contributed by atoms with Gasteiger partial charge in [0.05, 0.1) is 13.2 Å². The zero-order valence-corrected chi connectivity index (χ0v) is 17.3. The quantitative estimate of drug-likeness (QED) is 0.750. The molecule has 0 saturated carbocycles. The van der Waals surface area contributed by atoms with Crippen molar-refractivity contribution >= 4 is 5.91 Å². The van der Waals surface area contributed by atoms with E-state index in [4.69, 9.17) is 4.74 Å². The molecule has 3 rings (SSSR count). The lowest BCUT2D eigenvalue weighted by Crippen LogP contribution is -2.33. The van der Waals surface area contributed by atoms with Crippen LogP contribution >= 0.6 is 0 Å². The Hall–Kier alpha value is -2.33. The highest BCUT2D eigenvalue weighted by Gasteiger charge is 2.17. The van der Waals surface area contributed by atoms with Crippen LogP contribution in [0.3, 0.4) is 0 Å². The molecule has 0 unspecified atom stereocenters. The molecule has 0 spiro atoms. The van der Waals surface area contributed by atoms with E-state index in [1.54, 1.807) is 7.11 Å². The Balaban J connectivity index is 1.59. The van der Waals surface area contributed by atoms with Gasteiger partial charge < -0.3 is 10.1 Å². The molecule has 2 atom stereocenters. The number of piperidine rings is 1. The minimum Gasteiger partial charge on any atom is -0.497 e. The average Bonchev–Trinajstić information content (AvgIpc) is 2.72. The zero-order valence-electron chi connectivity index (χ0n) is 17.3. The van der Waals surface area contributed by atoms with Crippen molar-refractivity contribution in [3.63, 3.8) is 0 Å². The van der Waals surface area contributed by atoms with Crippen LogP contribution in [-0.4, -0.2) is 31.0 Å². The SMILES string of the molecule is CC[C@H](NC(=O)c1ccc(CN2CCC[C@H](C)C2)cc1)c1ccc(OC)cc1. The van der Waals surface area contributed by atoms with Crippen LogP contribution in [0.1, 0.15) is 60.6 Å². The lowest BCUT2D eigenvalue weighted by atomic mass is 9.99. The van der Waals surface area contributed by atoms with Gasteiger partial charge >= 0.3 is 0 Å². The average molecular weight is 381 g/mol. The molecule has 4 heteroatoms. The number of methoxy groups -OCH3 is 1. The van der Waals surface area contributed by atoms with E-state index in [2.05, 4.69) is 36.2 Å². The van der Waals surface area contributed by atoms with Gasteiger partial charge in [-0.15, -0.1) is 0 Å². The Morgan fingerprint density at radius 1 is 1.18 bits per heavy atom. The summed E-state index contributed by atoms with van der Waals surface area (Å²) in [7, 11) is 1.66. The number of benzene rings is 2. The summed E-state index contributed by atoms with van der Waals surface area (Å²) in [4.78, 5) is 15.2. The number of ether oxygens (including phenoxy) is 1. The van der Waals surface area contributed by atoms with Crippen molar-refractivity contribution in [3.8, 4) is 5.75 Å². The number of carbonyl (C=O) groups is 1. The molecule has 1 amide bonds. The van der Waals surface area contributed by atoms with Gasteiger partial charge in [-0.3, -0.25) is 9.69 Å². The second-order valence-corrected chi connectivity index (χ2v) is 7.89. The van der Waals surface area contributed by atoms with Crippen LogP contribution in [-0.2, 0) is 6.54 Å². The normalized spacial score (nSPS) is 18.5. The van der Waals surface area contributed by atoms with E-state index in [1.807, 2.05) is 36.4 Å². The summed E-state index contributed by atoms with van der Waals surface area (Å²) in [5.41, 5.74) is 3.07. The maximum absolute atomic E-state index is 12.7. The van der Waals surface area contributed by atoms with Crippen LogP contribution < -0.4 is 10.1 Å². The highest BCUT2D eigenvalue weighted by atomic mass is 16.5. The van der Waals surface area contributed by atoms with Crippen LogP contribution in [0.25, 0.3) is 0 Å². The van der Waals surface area contributed by atoms with E-state index in [0.29, 0.717) is 5.56 Å². The molecule has 1 aliphatic heterocycles. The zero-order chi connectivity index (χ0) is 19.9. The van der Waals surface area contributed by atoms with Gasteiger partial charge in [-0.1, -0.05) is 38.1 Å². The van der Waals surface area contributed by atoms with Crippen molar-refractivity contribution in [2.45, 2.75) is 45.7 Å². The summed E-state index contributed by atoms with van der Waals surface area (Å²) in [6.45, 7) is 7.72. The third-order valence-corrected chi connectivity index (χ3v) is 5.60. The topological polar surface area (TPSA) is 41.6 Å². The number of nitrogens with one attached hydrogen (secondary N) is 1. The van der Waals surface area contributed by atoms with E-state index in [0.717, 1.165) is 30.2 Å². The number of amides is 1. The summed E-state index contributed by atoms with van der Waals surface area (Å²) in [6.07, 6.45) is 3.46. The highest BCUT2D eigenvalue weighted by Crippen LogP contribution is 2.21. The monoisotopic (exact) mass is 380 g/mol. The predicted molar refractivity (Wildman–Crippen MR) is 114 cm³/mol. The molecule has 150 valence electrons. The highest BCUT2D eigenvalue weighted by molar-refractivity contribution is 5.94. The third kappa shape index (κ3) is 5.35. The number of likely N-dealkylation sites (tertiary alicyclic amines) is 1. The Morgan fingerprint density at radius 3 is 2.50 bits per heavy atom. The molecular weight excluding hydrogens is 348 g/mol. The van der Waals surface area contributed by atoms with Crippen molar-refractivity contribution in [2.75, 3.05) is 20.2 Å². The number of hydrogen-bond acceptors (Lipinski definition) is 3. The smallest absolute Gasteiger partial charge is 0.251 e. The molecule has 0 aromatic heterocycles. The molecule has 0 aliphatic carbocycles. The van der Waals surface area contributed by atoms with Crippen LogP contribution in [0, 0.1) is 5.92 Å². The lowest BCUT2D eigenvalue weighted by Gasteiger charge is -2.30. The number of rotatable bonds is 7. The van der Waals surface area contributed by atoms with Crippen molar-refractivity contribution in [2.24, 2.45) is 5.92 Å². The molecule has 2 aromatic carbocycles. The second-order valence-electron chi connectivity index (χ2n) is 7.89. The van der Waals surface area contributed by atoms with Gasteiger partial charge in [-0.05, 0) is 67.1 Å². The van der Waals surface area contributed by atoms with E-state index in [9.17, 15) is 4.79 Å². The Morgan fingerprint density at radius 2 is 1.89 bits per heavy atom. The molecule has 4 nitrogen and oxygen atoms in total. The van der Waals surface area contributed by atoms with Crippen LogP contribution in [0.2, 0.25) is 0 Å². The Kier molecular flexibility index (Phi) is 7.10. The molecule has 1 fully saturated rings. The predicted octanol–water partition coefficient (Wildman–Crippen LogP) is 4.81. The first-order chi connectivity index (χ1) is 13.6. The summed E-state index contributed by atoms with van der Waals surface area (Å²) in [5.74, 6) is 1.58. The first kappa shape index (κ1) is 20.4. The Labute approximate surface area is 168 Å². The molecule has 1 heterocycles. The van der Waals surface area contributed by atoms with Crippen LogP contribution in [0.4, 0.5) is 0 Å². The van der Waals surface area contributed by atoms with Gasteiger partial charge in [0.25, 0.3) is 5.91 Å². The minimum absolute atomic E-state index is 0.00656. The number of nitrogens with zero attached hydrogens (tertiary/aromatic N) is 1. The van der Waals surface area contributed by atoms with Crippen molar-refractivity contribution in [1.82, 2.24) is 10.2 Å². The first-order valence-electron chi connectivity index (χ1n) is 10.3. The summed E-state index contributed by atoms with van der Waals surface area (Å²) in [5, 5.41) is 3.15.